The number of aromatic hydroxyl groups is 1. The molecule has 0 amide bonds. The fraction of sp³-hybridized carbons (Fsp3) is 0.182. The van der Waals surface area contributed by atoms with Gasteiger partial charge in [-0.25, -0.2) is 0 Å². The van der Waals surface area contributed by atoms with Crippen LogP contribution < -0.4 is 4.74 Å². The molecule has 1 N–H and O–H groups in total. The predicted octanol–water partition coefficient (Wildman–Crippen LogP) is 2.89. The summed E-state index contributed by atoms with van der Waals surface area (Å²) in [5, 5.41) is 9.15. The molecule has 17 heavy (non-hydrogen) atoms. The Hall–Kier alpha value is -1.98. The van der Waals surface area contributed by atoms with Crippen molar-refractivity contribution in [2.75, 3.05) is 0 Å². The van der Waals surface area contributed by atoms with Crippen LogP contribution in [0, 0.1) is 0 Å². The molecule has 0 saturated heterocycles. The summed E-state index contributed by atoms with van der Waals surface area (Å²) in [7, 11) is 0. The number of alkyl halides is 3. The Morgan fingerprint density at radius 2 is 2.06 bits per heavy atom. The summed E-state index contributed by atoms with van der Waals surface area (Å²) in [6.45, 7) is 0. The third kappa shape index (κ3) is 4.58. The number of hydrogen-bond acceptors (Lipinski definition) is 3. The zero-order chi connectivity index (χ0) is 12.9. The molecule has 1 rings (SSSR count). The molecule has 0 aliphatic rings. The van der Waals surface area contributed by atoms with Crippen LogP contribution in [0.1, 0.15) is 12.0 Å². The summed E-state index contributed by atoms with van der Waals surface area (Å²) in [5.74, 6) is -0.622. The molecule has 0 fully saturated rings. The number of aldehydes is 1. The van der Waals surface area contributed by atoms with E-state index in [0.717, 1.165) is 18.2 Å². The monoisotopic (exact) mass is 246 g/mol. The summed E-state index contributed by atoms with van der Waals surface area (Å²) < 4.78 is 39.9. The molecule has 0 atom stereocenters. The van der Waals surface area contributed by atoms with Crippen LogP contribution in [-0.4, -0.2) is 17.8 Å². The molecule has 0 aliphatic carbocycles. The van der Waals surface area contributed by atoms with Gasteiger partial charge in [0.25, 0.3) is 0 Å². The zero-order valence-corrected chi connectivity index (χ0v) is 8.57. The predicted molar refractivity (Wildman–Crippen MR) is 54.5 cm³/mol. The van der Waals surface area contributed by atoms with Gasteiger partial charge in [-0.1, -0.05) is 12.2 Å². The topological polar surface area (TPSA) is 46.5 Å². The first-order valence-corrected chi connectivity index (χ1v) is 4.61. The lowest BCUT2D eigenvalue weighted by Gasteiger charge is -2.11. The van der Waals surface area contributed by atoms with Crippen molar-refractivity contribution >= 4 is 12.4 Å². The Kier molecular flexibility index (Phi) is 4.14. The van der Waals surface area contributed by atoms with Gasteiger partial charge in [-0.2, -0.15) is 0 Å². The molecule has 0 aromatic heterocycles. The minimum absolute atomic E-state index is 0.0455. The average molecular weight is 246 g/mol. The van der Waals surface area contributed by atoms with Gasteiger partial charge in [0.15, 0.2) is 0 Å². The number of hydrogen-bond donors (Lipinski definition) is 1. The number of phenolic OH excluding ortho intramolecular Hbond substituents is 1. The highest BCUT2D eigenvalue weighted by molar-refractivity contribution is 5.62. The van der Waals surface area contributed by atoms with Gasteiger partial charge in [0, 0.05) is 12.0 Å². The lowest BCUT2D eigenvalue weighted by Crippen LogP contribution is -2.17. The summed E-state index contributed by atoms with van der Waals surface area (Å²) >= 11 is 0. The van der Waals surface area contributed by atoms with Gasteiger partial charge in [-0.05, 0) is 18.2 Å². The van der Waals surface area contributed by atoms with Crippen molar-refractivity contribution < 1.29 is 27.8 Å². The van der Waals surface area contributed by atoms with Crippen LogP contribution in [-0.2, 0) is 4.79 Å². The number of rotatable bonds is 4. The molecule has 92 valence electrons. The quantitative estimate of drug-likeness (QED) is 0.831. The number of carbonyl (C=O) groups excluding carboxylic acids is 1. The van der Waals surface area contributed by atoms with E-state index in [9.17, 15) is 18.0 Å². The first-order chi connectivity index (χ1) is 7.92. The SMILES string of the molecule is O=CCC=Cc1cc(O)ccc1OC(F)(F)F. The van der Waals surface area contributed by atoms with E-state index >= 15 is 0 Å². The second kappa shape index (κ2) is 5.38. The van der Waals surface area contributed by atoms with Crippen LogP contribution in [0.4, 0.5) is 13.2 Å². The molecular weight excluding hydrogens is 237 g/mol. The molecule has 1 aromatic rings. The maximum Gasteiger partial charge on any atom is 0.573 e. The highest BCUT2D eigenvalue weighted by Crippen LogP contribution is 2.29. The Balaban J connectivity index is 2.99. The van der Waals surface area contributed by atoms with Gasteiger partial charge in [0.2, 0.25) is 0 Å². The summed E-state index contributed by atoms with van der Waals surface area (Å²) in [4.78, 5) is 10.1. The standard InChI is InChI=1S/C11H9F3O3/c12-11(13,14)17-10-5-4-9(16)7-8(10)3-1-2-6-15/h1,3-7,16H,2H2. The lowest BCUT2D eigenvalue weighted by molar-refractivity contribution is -0.274. The molecule has 6 heteroatoms. The highest BCUT2D eigenvalue weighted by Gasteiger charge is 2.31. The number of benzene rings is 1. The van der Waals surface area contributed by atoms with Gasteiger partial charge in [-0.3, -0.25) is 0 Å². The smallest absolute Gasteiger partial charge is 0.508 e. The van der Waals surface area contributed by atoms with E-state index in [2.05, 4.69) is 4.74 Å². The van der Waals surface area contributed by atoms with Crippen molar-refractivity contribution in [2.45, 2.75) is 12.8 Å². The number of ether oxygens (including phenoxy) is 1. The minimum atomic E-state index is -4.80. The van der Waals surface area contributed by atoms with Crippen LogP contribution in [0.25, 0.3) is 6.08 Å². The molecule has 0 spiro atoms. The molecular formula is C11H9F3O3. The van der Waals surface area contributed by atoms with Gasteiger partial charge < -0.3 is 14.6 Å². The summed E-state index contributed by atoms with van der Waals surface area (Å²) in [5.41, 5.74) is 0.0455. The second-order valence-corrected chi connectivity index (χ2v) is 3.07. The maximum absolute atomic E-state index is 12.0. The normalized spacial score (nSPS) is 11.7. The van der Waals surface area contributed by atoms with Crippen LogP contribution in [0.5, 0.6) is 11.5 Å². The molecule has 1 aromatic carbocycles. The molecule has 3 nitrogen and oxygen atoms in total. The molecule has 0 aliphatic heterocycles. The number of allylic oxidation sites excluding steroid dienone is 1. The Morgan fingerprint density at radius 1 is 1.35 bits per heavy atom. The van der Waals surface area contributed by atoms with Crippen LogP contribution >= 0.6 is 0 Å². The van der Waals surface area contributed by atoms with Crippen molar-refractivity contribution in [3.63, 3.8) is 0 Å². The van der Waals surface area contributed by atoms with Crippen LogP contribution in [0.3, 0.4) is 0 Å². The first-order valence-electron chi connectivity index (χ1n) is 4.61. The average Bonchev–Trinajstić information content (AvgIpc) is 2.20. The fourth-order valence-corrected chi connectivity index (χ4v) is 1.13. The summed E-state index contributed by atoms with van der Waals surface area (Å²) in [6, 6.07) is 3.20. The van der Waals surface area contributed by atoms with Crippen molar-refractivity contribution in [3.05, 3.63) is 29.8 Å². The summed E-state index contributed by atoms with van der Waals surface area (Å²) in [6.07, 6.45) is -1.49. The zero-order valence-electron chi connectivity index (χ0n) is 8.57. The van der Waals surface area contributed by atoms with E-state index in [1.807, 2.05) is 0 Å². The highest BCUT2D eigenvalue weighted by atomic mass is 19.4. The number of phenols is 1. The Morgan fingerprint density at radius 3 is 2.65 bits per heavy atom. The van der Waals surface area contributed by atoms with Crippen molar-refractivity contribution in [3.8, 4) is 11.5 Å². The van der Waals surface area contributed by atoms with E-state index in [-0.39, 0.29) is 17.7 Å². The largest absolute Gasteiger partial charge is 0.573 e. The molecule has 0 unspecified atom stereocenters. The number of halogens is 3. The third-order valence-electron chi connectivity index (χ3n) is 1.75. The van der Waals surface area contributed by atoms with Crippen molar-refractivity contribution in [1.82, 2.24) is 0 Å². The van der Waals surface area contributed by atoms with Crippen molar-refractivity contribution in [1.29, 1.82) is 0 Å². The van der Waals surface area contributed by atoms with Gasteiger partial charge >= 0.3 is 6.36 Å². The fourth-order valence-electron chi connectivity index (χ4n) is 1.13. The lowest BCUT2D eigenvalue weighted by atomic mass is 10.1. The van der Waals surface area contributed by atoms with Gasteiger partial charge in [-0.15, -0.1) is 13.2 Å². The van der Waals surface area contributed by atoms with E-state index in [1.165, 1.54) is 12.2 Å². The third-order valence-corrected chi connectivity index (χ3v) is 1.75. The van der Waals surface area contributed by atoms with E-state index < -0.39 is 12.1 Å². The minimum Gasteiger partial charge on any atom is -0.508 e. The first kappa shape index (κ1) is 13.1. The van der Waals surface area contributed by atoms with Crippen LogP contribution in [0.2, 0.25) is 0 Å². The Labute approximate surface area is 95.1 Å². The van der Waals surface area contributed by atoms with E-state index in [4.69, 9.17) is 5.11 Å². The Bertz CT molecular complexity index is 424. The van der Waals surface area contributed by atoms with Gasteiger partial charge in [0.1, 0.15) is 17.8 Å². The van der Waals surface area contributed by atoms with E-state index in [0.29, 0.717) is 6.29 Å². The van der Waals surface area contributed by atoms with E-state index in [1.54, 1.807) is 0 Å². The van der Waals surface area contributed by atoms with Crippen LogP contribution in [0.15, 0.2) is 24.3 Å². The maximum atomic E-state index is 12.0. The van der Waals surface area contributed by atoms with Gasteiger partial charge in [0.05, 0.1) is 0 Å². The molecule has 0 saturated carbocycles. The molecule has 0 bridgehead atoms. The molecule has 0 heterocycles. The second-order valence-electron chi connectivity index (χ2n) is 3.07. The number of carbonyl (C=O) groups is 1. The molecule has 0 radical (unpaired) electrons. The van der Waals surface area contributed by atoms with Crippen molar-refractivity contribution in [2.24, 2.45) is 0 Å².